The van der Waals surface area contributed by atoms with E-state index in [1.807, 2.05) is 0 Å². The van der Waals surface area contributed by atoms with E-state index in [4.69, 9.17) is 8.23 Å². The van der Waals surface area contributed by atoms with Crippen molar-refractivity contribution in [2.45, 2.75) is 68.5 Å². The maximum absolute atomic E-state index is 6.76. The molecule has 0 amide bonds. The third-order valence-corrected chi connectivity index (χ3v) is 16.3. The minimum atomic E-state index is -2.14. The summed E-state index contributed by atoms with van der Waals surface area (Å²) < 4.78 is 12.7. The number of halogens is 6. The molecule has 0 saturated heterocycles. The molecule has 2 nitrogen and oxygen atoms in total. The van der Waals surface area contributed by atoms with Crippen LogP contribution >= 0.6 is 95.6 Å². The molecule has 0 aliphatic heterocycles. The molecule has 0 atom stereocenters. The SMILES string of the molecule is C[Si](C)(C)O[Si](C)(C)O[Si](C)(CCC(Br)(Br)Br)CCC(Br)(Br)Br. The summed E-state index contributed by atoms with van der Waals surface area (Å²) in [7, 11) is -5.67. The van der Waals surface area contributed by atoms with Crippen LogP contribution in [-0.4, -0.2) is 29.5 Å². The first kappa shape index (κ1) is 26.5. The largest absolute Gasteiger partial charge is 0.437 e. The van der Waals surface area contributed by atoms with Gasteiger partial charge in [-0.1, -0.05) is 95.6 Å². The molecule has 11 heteroatoms. The van der Waals surface area contributed by atoms with Crippen molar-refractivity contribution in [3.63, 3.8) is 0 Å². The summed E-state index contributed by atoms with van der Waals surface area (Å²) in [4.78, 5) is 0. The fraction of sp³-hybridized carbons (Fsp3) is 1.00. The first-order valence-corrected chi connectivity index (χ1v) is 21.2. The topological polar surface area (TPSA) is 18.5 Å². The normalized spacial score (nSPS) is 15.1. The van der Waals surface area contributed by atoms with Gasteiger partial charge in [-0.3, -0.25) is 0 Å². The molecule has 0 rings (SSSR count). The molecule has 0 bridgehead atoms. The van der Waals surface area contributed by atoms with E-state index in [0.717, 1.165) is 24.9 Å². The molecule has 23 heavy (non-hydrogen) atoms. The second-order valence-electron chi connectivity index (χ2n) is 7.40. The highest BCUT2D eigenvalue weighted by Gasteiger charge is 2.42. The van der Waals surface area contributed by atoms with E-state index in [1.165, 1.54) is 0 Å². The van der Waals surface area contributed by atoms with Crippen molar-refractivity contribution in [2.24, 2.45) is 0 Å². The average Bonchev–Trinajstić information content (AvgIpc) is 2.18. The number of alkyl halides is 6. The van der Waals surface area contributed by atoms with Crippen LogP contribution < -0.4 is 0 Å². The smallest absolute Gasteiger partial charge is 0.311 e. The third kappa shape index (κ3) is 16.1. The Morgan fingerprint density at radius 1 is 0.652 bits per heavy atom. The predicted octanol–water partition coefficient (Wildman–Crippen LogP) is 8.59. The lowest BCUT2D eigenvalue weighted by Gasteiger charge is -2.40. The van der Waals surface area contributed by atoms with Crippen LogP contribution in [0.25, 0.3) is 0 Å². The highest BCUT2D eigenvalue weighted by molar-refractivity contribution is 9.39. The molecule has 0 spiro atoms. The molecule has 0 aromatic carbocycles. The summed E-state index contributed by atoms with van der Waals surface area (Å²) in [5, 5.41) is 0. The van der Waals surface area contributed by atoms with Crippen molar-refractivity contribution in [2.75, 3.05) is 0 Å². The van der Waals surface area contributed by atoms with Crippen LogP contribution in [0.2, 0.25) is 51.4 Å². The van der Waals surface area contributed by atoms with E-state index < -0.39 is 25.2 Å². The minimum Gasteiger partial charge on any atom is -0.437 e. The lowest BCUT2D eigenvalue weighted by molar-refractivity contribution is 0.387. The van der Waals surface area contributed by atoms with Gasteiger partial charge in [0.25, 0.3) is 0 Å². The predicted molar refractivity (Wildman–Crippen MR) is 132 cm³/mol. The monoisotopic (exact) mass is 760 g/mol. The molecule has 0 aliphatic carbocycles. The van der Waals surface area contributed by atoms with E-state index in [-0.39, 0.29) is 4.29 Å². The zero-order chi connectivity index (χ0) is 18.7. The lowest BCUT2D eigenvalue weighted by atomic mass is 10.6. The quantitative estimate of drug-likeness (QED) is 0.182. The van der Waals surface area contributed by atoms with Gasteiger partial charge in [0.2, 0.25) is 0 Å². The molecule has 0 aromatic heterocycles. The molecular weight excluding hydrogens is 740 g/mol. The van der Waals surface area contributed by atoms with Gasteiger partial charge in [-0.25, -0.2) is 0 Å². The maximum atomic E-state index is 6.76. The van der Waals surface area contributed by atoms with Gasteiger partial charge < -0.3 is 8.23 Å². The molecule has 0 N–H and O–H groups in total. The Labute approximate surface area is 195 Å². The molecule has 140 valence electrons. The number of hydrogen-bond donors (Lipinski definition) is 0. The first-order chi connectivity index (χ1) is 9.83. The second-order valence-corrected chi connectivity index (χ2v) is 34.5. The molecule has 0 aliphatic rings. The van der Waals surface area contributed by atoms with Gasteiger partial charge in [-0.15, -0.1) is 0 Å². The van der Waals surface area contributed by atoms with Crippen molar-refractivity contribution in [1.82, 2.24) is 0 Å². The van der Waals surface area contributed by atoms with Gasteiger partial charge in [-0.2, -0.15) is 0 Å². The van der Waals surface area contributed by atoms with Crippen LogP contribution in [0.1, 0.15) is 12.8 Å². The van der Waals surface area contributed by atoms with Crippen molar-refractivity contribution < 1.29 is 8.23 Å². The van der Waals surface area contributed by atoms with E-state index in [0.29, 0.717) is 0 Å². The number of hydrogen-bond acceptors (Lipinski definition) is 2. The zero-order valence-corrected chi connectivity index (χ0v) is 26.9. The Kier molecular flexibility index (Phi) is 11.2. The van der Waals surface area contributed by atoms with Crippen LogP contribution in [0.5, 0.6) is 0 Å². The van der Waals surface area contributed by atoms with Gasteiger partial charge in [0.15, 0.2) is 16.6 Å². The Hall–Kier alpha value is 3.45. The standard InChI is InChI=1S/C12H26Br6O2Si3/c1-21(2,3)19-22(4,5)20-23(6,9-7-11(13,14)15)10-8-12(16,17)18/h7-10H2,1-6H3. The van der Waals surface area contributed by atoms with Gasteiger partial charge in [0, 0.05) is 0 Å². The van der Waals surface area contributed by atoms with Gasteiger partial charge >= 0.3 is 8.56 Å². The fourth-order valence-electron chi connectivity index (χ4n) is 2.39. The molecule has 0 radical (unpaired) electrons. The highest BCUT2D eigenvalue weighted by Crippen LogP contribution is 2.44. The Morgan fingerprint density at radius 2 is 1.00 bits per heavy atom. The average molecular weight is 766 g/mol. The zero-order valence-electron chi connectivity index (χ0n) is 14.4. The summed E-state index contributed by atoms with van der Waals surface area (Å²) in [5.41, 5.74) is 0. The molecular formula is C12H26Br6O2Si3. The highest BCUT2D eigenvalue weighted by atomic mass is 80.0. The number of rotatable bonds is 8. The second kappa shape index (κ2) is 9.78. The van der Waals surface area contributed by atoms with E-state index >= 15 is 0 Å². The van der Waals surface area contributed by atoms with Crippen LogP contribution in [-0.2, 0) is 8.23 Å². The third-order valence-electron chi connectivity index (χ3n) is 2.92. The molecule has 0 aromatic rings. The Morgan fingerprint density at radius 3 is 1.26 bits per heavy atom. The van der Waals surface area contributed by atoms with Crippen molar-refractivity contribution in [3.8, 4) is 0 Å². The van der Waals surface area contributed by atoms with Gasteiger partial charge in [0.05, 0.1) is 0 Å². The van der Waals surface area contributed by atoms with E-state index in [9.17, 15) is 0 Å². The van der Waals surface area contributed by atoms with E-state index in [1.54, 1.807) is 0 Å². The summed E-state index contributed by atoms with van der Waals surface area (Å²) >= 11 is 21.7. The van der Waals surface area contributed by atoms with Crippen LogP contribution in [0, 0.1) is 0 Å². The Bertz CT molecular complexity index is 358. The van der Waals surface area contributed by atoms with Gasteiger partial charge in [0.1, 0.15) is 4.29 Å². The summed E-state index contributed by atoms with van der Waals surface area (Å²) in [6.07, 6.45) is 1.90. The fourth-order valence-corrected chi connectivity index (χ4v) is 19.8. The first-order valence-electron chi connectivity index (χ1n) is 7.36. The van der Waals surface area contributed by atoms with Crippen molar-refractivity contribution >= 4 is 121 Å². The van der Waals surface area contributed by atoms with Gasteiger partial charge in [-0.05, 0) is 64.2 Å². The molecule has 0 saturated carbocycles. The van der Waals surface area contributed by atoms with Crippen LogP contribution in [0.4, 0.5) is 0 Å². The molecule has 0 heterocycles. The molecule has 0 unspecified atom stereocenters. The van der Waals surface area contributed by atoms with Crippen molar-refractivity contribution in [1.29, 1.82) is 0 Å². The van der Waals surface area contributed by atoms with Crippen molar-refractivity contribution in [3.05, 3.63) is 0 Å². The van der Waals surface area contributed by atoms with E-state index in [2.05, 4.69) is 135 Å². The van der Waals surface area contributed by atoms with Crippen LogP contribution in [0.3, 0.4) is 0 Å². The maximum Gasteiger partial charge on any atom is 0.311 e. The summed E-state index contributed by atoms with van der Waals surface area (Å²) in [6, 6.07) is 2.09. The lowest BCUT2D eigenvalue weighted by Crippen LogP contribution is -2.52. The summed E-state index contributed by atoms with van der Waals surface area (Å²) in [6.45, 7) is 13.4. The minimum absolute atomic E-state index is 0.218. The van der Waals surface area contributed by atoms with Crippen LogP contribution in [0.15, 0.2) is 0 Å². The molecule has 0 fully saturated rings. The summed E-state index contributed by atoms with van der Waals surface area (Å²) in [5.74, 6) is 0. The Balaban J connectivity index is 5.09.